The normalized spacial score (nSPS) is 20.5. The number of hydrogen-bond acceptors (Lipinski definition) is 6. The highest BCUT2D eigenvalue weighted by atomic mass is 32.1. The molecule has 1 fully saturated rings. The van der Waals surface area contributed by atoms with Crippen LogP contribution >= 0.6 is 11.3 Å². The number of ether oxygens (including phenoxy) is 2. The second kappa shape index (κ2) is 7.60. The Labute approximate surface area is 169 Å². The van der Waals surface area contributed by atoms with Crippen LogP contribution in [-0.2, 0) is 6.42 Å². The molecule has 0 spiro atoms. The van der Waals surface area contributed by atoms with E-state index in [1.807, 2.05) is 24.3 Å². The Morgan fingerprint density at radius 1 is 1.07 bits per heavy atom. The van der Waals surface area contributed by atoms with Gasteiger partial charge in [0.2, 0.25) is 0 Å². The summed E-state index contributed by atoms with van der Waals surface area (Å²) in [7, 11) is 0. The van der Waals surface area contributed by atoms with Crippen LogP contribution in [-0.4, -0.2) is 42.2 Å². The van der Waals surface area contributed by atoms with E-state index < -0.39 is 0 Å². The molecule has 0 amide bonds. The molecule has 1 saturated heterocycles. The van der Waals surface area contributed by atoms with Gasteiger partial charge in [-0.25, -0.2) is 4.98 Å². The van der Waals surface area contributed by atoms with Gasteiger partial charge >= 0.3 is 0 Å². The molecule has 5 nitrogen and oxygen atoms in total. The number of anilines is 1. The van der Waals surface area contributed by atoms with Crippen molar-refractivity contribution >= 4 is 26.7 Å². The predicted molar refractivity (Wildman–Crippen MR) is 113 cm³/mol. The van der Waals surface area contributed by atoms with Gasteiger partial charge in [0.25, 0.3) is 0 Å². The van der Waals surface area contributed by atoms with Crippen molar-refractivity contribution in [3.63, 3.8) is 0 Å². The van der Waals surface area contributed by atoms with E-state index in [0.29, 0.717) is 17.7 Å². The van der Waals surface area contributed by atoms with E-state index >= 15 is 0 Å². The van der Waals surface area contributed by atoms with Gasteiger partial charge < -0.3 is 15.2 Å². The largest absolute Gasteiger partial charge is 0.486 e. The van der Waals surface area contributed by atoms with Crippen molar-refractivity contribution in [3.05, 3.63) is 48.0 Å². The van der Waals surface area contributed by atoms with Gasteiger partial charge in [-0.3, -0.25) is 4.90 Å². The zero-order valence-corrected chi connectivity index (χ0v) is 16.7. The molecular weight excluding hydrogens is 370 g/mol. The molecule has 2 aromatic carbocycles. The Morgan fingerprint density at radius 2 is 1.89 bits per heavy atom. The lowest BCUT2D eigenvalue weighted by molar-refractivity contribution is 0.0478. The highest BCUT2D eigenvalue weighted by Gasteiger charge is 2.26. The molecule has 1 atom stereocenters. The van der Waals surface area contributed by atoms with Gasteiger partial charge in [0.05, 0.1) is 10.2 Å². The van der Waals surface area contributed by atoms with Crippen LogP contribution in [0, 0.1) is 5.92 Å². The van der Waals surface area contributed by atoms with Crippen LogP contribution in [0.15, 0.2) is 42.5 Å². The molecule has 28 heavy (non-hydrogen) atoms. The Hall–Kier alpha value is -2.31. The first kappa shape index (κ1) is 17.8. The van der Waals surface area contributed by atoms with Gasteiger partial charge in [0.1, 0.15) is 12.7 Å². The smallest absolute Gasteiger partial charge is 0.181 e. The number of benzene rings is 2. The first-order valence-electron chi connectivity index (χ1n) is 9.99. The molecule has 6 heteroatoms. The van der Waals surface area contributed by atoms with E-state index in [1.165, 1.54) is 23.1 Å². The summed E-state index contributed by atoms with van der Waals surface area (Å²) in [5.41, 5.74) is 8.34. The number of nitrogen functional groups attached to an aromatic ring is 1. The van der Waals surface area contributed by atoms with Crippen molar-refractivity contribution in [2.75, 3.05) is 32.0 Å². The summed E-state index contributed by atoms with van der Waals surface area (Å²) in [6, 6.07) is 14.4. The van der Waals surface area contributed by atoms with Crippen LogP contribution in [0.1, 0.15) is 18.4 Å². The van der Waals surface area contributed by atoms with E-state index in [1.54, 1.807) is 11.3 Å². The van der Waals surface area contributed by atoms with Crippen molar-refractivity contribution in [3.8, 4) is 11.5 Å². The first-order valence-corrected chi connectivity index (χ1v) is 10.8. The third-order valence-electron chi connectivity index (χ3n) is 5.76. The first-order chi connectivity index (χ1) is 13.7. The predicted octanol–water partition coefficient (Wildman–Crippen LogP) is 3.97. The van der Waals surface area contributed by atoms with Crippen LogP contribution in [0.2, 0.25) is 0 Å². The molecular formula is C22H25N3O2S. The summed E-state index contributed by atoms with van der Waals surface area (Å²) in [5.74, 6) is 2.42. The second-order valence-electron chi connectivity index (χ2n) is 7.76. The number of rotatable bonds is 4. The summed E-state index contributed by atoms with van der Waals surface area (Å²) in [6.07, 6.45) is 3.61. The fourth-order valence-corrected chi connectivity index (χ4v) is 5.09. The number of fused-ring (bicyclic) bond motifs is 2. The fourth-order valence-electron chi connectivity index (χ4n) is 4.31. The molecule has 2 N–H and O–H groups in total. The van der Waals surface area contributed by atoms with E-state index in [2.05, 4.69) is 28.1 Å². The Balaban J connectivity index is 1.16. The summed E-state index contributed by atoms with van der Waals surface area (Å²) >= 11 is 1.58. The van der Waals surface area contributed by atoms with Crippen LogP contribution in [0.3, 0.4) is 0 Å². The maximum Gasteiger partial charge on any atom is 0.181 e. The third kappa shape index (κ3) is 3.66. The standard InChI is InChI=1S/C22H25N3O2S/c23-22-24-21-16(4-3-7-20(21)28-22)12-15-8-10-25(11-9-15)13-17-14-26-18-5-1-2-6-19(18)27-17/h1-7,15,17H,8-14H2,(H2,23,24). The number of piperidine rings is 1. The van der Waals surface area contributed by atoms with E-state index in [-0.39, 0.29) is 6.10 Å². The summed E-state index contributed by atoms with van der Waals surface area (Å²) in [5, 5.41) is 0.661. The van der Waals surface area contributed by atoms with E-state index in [4.69, 9.17) is 15.2 Å². The molecule has 0 radical (unpaired) electrons. The SMILES string of the molecule is Nc1nc2c(CC3CCN(CC4COc5ccccc5O4)CC3)cccc2s1. The number of aromatic nitrogens is 1. The van der Waals surface area contributed by atoms with Crippen LogP contribution in [0.4, 0.5) is 5.13 Å². The maximum absolute atomic E-state index is 6.12. The van der Waals surface area contributed by atoms with Gasteiger partial charge in [-0.15, -0.1) is 0 Å². The molecule has 146 valence electrons. The van der Waals surface area contributed by atoms with Gasteiger partial charge in [-0.05, 0) is 62.0 Å². The minimum Gasteiger partial charge on any atom is -0.486 e. The van der Waals surface area contributed by atoms with Gasteiger partial charge in [-0.2, -0.15) is 0 Å². The summed E-state index contributed by atoms with van der Waals surface area (Å²) in [4.78, 5) is 7.06. The quantitative estimate of drug-likeness (QED) is 0.724. The molecule has 3 heterocycles. The average molecular weight is 396 g/mol. The lowest BCUT2D eigenvalue weighted by Gasteiger charge is -2.35. The zero-order chi connectivity index (χ0) is 18.9. The average Bonchev–Trinajstić information content (AvgIpc) is 3.11. The van der Waals surface area contributed by atoms with Gasteiger partial charge in [0.15, 0.2) is 16.6 Å². The number of nitrogens with zero attached hydrogens (tertiary/aromatic N) is 2. The number of likely N-dealkylation sites (tertiary alicyclic amines) is 1. The molecule has 1 aromatic heterocycles. The van der Waals surface area contributed by atoms with Crippen LogP contribution in [0.25, 0.3) is 10.2 Å². The highest BCUT2D eigenvalue weighted by Crippen LogP contribution is 2.32. The number of hydrogen-bond donors (Lipinski definition) is 1. The van der Waals surface area contributed by atoms with Gasteiger partial charge in [-0.1, -0.05) is 35.6 Å². The third-order valence-corrected chi connectivity index (χ3v) is 6.61. The molecule has 0 saturated carbocycles. The van der Waals surface area contributed by atoms with Crippen molar-refractivity contribution in [1.29, 1.82) is 0 Å². The molecule has 0 bridgehead atoms. The summed E-state index contributed by atoms with van der Waals surface area (Å²) < 4.78 is 13.2. The minimum atomic E-state index is 0.109. The van der Waals surface area contributed by atoms with E-state index in [0.717, 1.165) is 43.1 Å². The van der Waals surface area contributed by atoms with Crippen molar-refractivity contribution in [1.82, 2.24) is 9.88 Å². The lowest BCUT2D eigenvalue weighted by atomic mass is 9.89. The highest BCUT2D eigenvalue weighted by molar-refractivity contribution is 7.22. The van der Waals surface area contributed by atoms with Crippen LogP contribution < -0.4 is 15.2 Å². The van der Waals surface area contributed by atoms with Crippen LogP contribution in [0.5, 0.6) is 11.5 Å². The maximum atomic E-state index is 6.12. The van der Waals surface area contributed by atoms with E-state index in [9.17, 15) is 0 Å². The van der Waals surface area contributed by atoms with Gasteiger partial charge in [0, 0.05) is 6.54 Å². The monoisotopic (exact) mass is 395 g/mol. The Bertz CT molecular complexity index is 965. The lowest BCUT2D eigenvalue weighted by Crippen LogP contribution is -2.44. The zero-order valence-electron chi connectivity index (χ0n) is 15.8. The molecule has 1 unspecified atom stereocenters. The Kier molecular flexibility index (Phi) is 4.82. The molecule has 0 aliphatic carbocycles. The van der Waals surface area contributed by atoms with Crippen molar-refractivity contribution in [2.45, 2.75) is 25.4 Å². The number of para-hydroxylation sites is 3. The Morgan fingerprint density at radius 3 is 2.75 bits per heavy atom. The second-order valence-corrected chi connectivity index (χ2v) is 8.82. The van der Waals surface area contributed by atoms with Crippen molar-refractivity contribution < 1.29 is 9.47 Å². The number of nitrogens with two attached hydrogens (primary N) is 1. The topological polar surface area (TPSA) is 60.6 Å². The number of thiazole rings is 1. The van der Waals surface area contributed by atoms with Crippen molar-refractivity contribution in [2.24, 2.45) is 5.92 Å². The molecule has 2 aliphatic heterocycles. The fraction of sp³-hybridized carbons (Fsp3) is 0.409. The molecule has 2 aliphatic rings. The minimum absolute atomic E-state index is 0.109. The molecule has 3 aromatic rings. The summed E-state index contributed by atoms with van der Waals surface area (Å²) in [6.45, 7) is 3.78. The molecule has 5 rings (SSSR count).